The Kier molecular flexibility index (Phi) is 5.43. The summed E-state index contributed by atoms with van der Waals surface area (Å²) in [5.41, 5.74) is 1.79. The number of amidine groups is 1. The topological polar surface area (TPSA) is 64.0 Å². The van der Waals surface area contributed by atoms with E-state index >= 15 is 0 Å². The van der Waals surface area contributed by atoms with Crippen LogP contribution in [-0.2, 0) is 14.3 Å². The van der Waals surface area contributed by atoms with Crippen molar-refractivity contribution in [3.8, 4) is 0 Å². The molecular weight excluding hydrogens is 405 g/mol. The van der Waals surface area contributed by atoms with Gasteiger partial charge in [-0.1, -0.05) is 17.7 Å². The molecule has 4 rings (SSSR count). The van der Waals surface area contributed by atoms with Crippen molar-refractivity contribution in [2.45, 2.75) is 18.9 Å². The molecule has 146 valence electrons. The third-order valence-electron chi connectivity index (χ3n) is 4.62. The second-order valence-electron chi connectivity index (χ2n) is 6.31. The highest BCUT2D eigenvalue weighted by Gasteiger charge is 2.39. The minimum absolute atomic E-state index is 0.164. The summed E-state index contributed by atoms with van der Waals surface area (Å²) in [7, 11) is 1.45. The molecule has 9 heteroatoms. The largest absolute Gasteiger partial charge is 0.435 e. The molecule has 0 N–H and O–H groups in total. The Morgan fingerprint density at radius 2 is 2.32 bits per heavy atom. The van der Waals surface area contributed by atoms with Crippen molar-refractivity contribution >= 4 is 34.7 Å². The van der Waals surface area contributed by atoms with Crippen LogP contribution in [0.25, 0.3) is 0 Å². The van der Waals surface area contributed by atoms with Crippen molar-refractivity contribution in [2.24, 2.45) is 4.99 Å². The molecule has 0 amide bonds. The predicted octanol–water partition coefficient (Wildman–Crippen LogP) is 3.93. The van der Waals surface area contributed by atoms with E-state index in [1.807, 2.05) is 10.3 Å². The molecule has 1 aromatic carbocycles. The minimum Gasteiger partial charge on any atom is -0.435 e. The van der Waals surface area contributed by atoms with Gasteiger partial charge in [-0.15, -0.1) is 11.3 Å². The first-order chi connectivity index (χ1) is 13.6. The molecule has 0 bridgehead atoms. The molecule has 3 heterocycles. The maximum atomic E-state index is 13.6. The average Bonchev–Trinajstić information content (AvgIpc) is 3.37. The number of allylic oxidation sites excluding steroid dienone is 1. The number of ether oxygens (including phenoxy) is 2. The monoisotopic (exact) mass is 421 g/mol. The van der Waals surface area contributed by atoms with Gasteiger partial charge in [-0.2, -0.15) is 0 Å². The fraction of sp³-hybridized carbons (Fsp3) is 0.316. The van der Waals surface area contributed by atoms with Gasteiger partial charge >= 0.3 is 5.97 Å². The number of methoxy groups -OCH3 is 1. The van der Waals surface area contributed by atoms with Crippen LogP contribution >= 0.6 is 22.9 Å². The molecule has 0 radical (unpaired) electrons. The molecule has 28 heavy (non-hydrogen) atoms. The highest BCUT2D eigenvalue weighted by molar-refractivity contribution is 7.11. The van der Waals surface area contributed by atoms with E-state index in [1.54, 1.807) is 12.3 Å². The number of fused-ring (bicyclic) bond motifs is 1. The number of aromatic nitrogens is 1. The first-order valence-corrected chi connectivity index (χ1v) is 9.95. The number of halogens is 2. The average molecular weight is 422 g/mol. The number of esters is 1. The Hall–Kier alpha value is -2.29. The smallest absolute Gasteiger partial charge is 0.340 e. The van der Waals surface area contributed by atoms with Crippen LogP contribution in [0.3, 0.4) is 0 Å². The van der Waals surface area contributed by atoms with E-state index in [9.17, 15) is 9.18 Å². The first kappa shape index (κ1) is 19.0. The number of hydrogen-bond donors (Lipinski definition) is 0. The van der Waals surface area contributed by atoms with Gasteiger partial charge in [0, 0.05) is 41.5 Å². The summed E-state index contributed by atoms with van der Waals surface area (Å²) in [5.74, 6) is -0.278. The zero-order valence-electron chi connectivity index (χ0n) is 15.0. The van der Waals surface area contributed by atoms with Crippen molar-refractivity contribution in [3.63, 3.8) is 0 Å². The number of nitrogens with zero attached hydrogens (tertiary/aromatic N) is 3. The summed E-state index contributed by atoms with van der Waals surface area (Å²) in [6.45, 7) is 0.571. The minimum atomic E-state index is -0.708. The van der Waals surface area contributed by atoms with Gasteiger partial charge in [-0.25, -0.2) is 14.2 Å². The normalized spacial score (nSPS) is 18.9. The standard InChI is InChI=1S/C19H17ClFN3O3S/c1-26-10-27-19(25)15-14-3-2-7-24(14)17(18-22-6-8-28-18)23-16(15)12-5-4-11(21)9-13(12)20/h4-6,8-9,16H,2-3,7,10H2,1H3. The SMILES string of the molecule is COCOC(=O)C1=C2CCCN2C(c2nccs2)=NC1c1ccc(F)cc1Cl. The van der Waals surface area contributed by atoms with E-state index in [1.165, 1.54) is 30.6 Å². The van der Waals surface area contributed by atoms with Gasteiger partial charge < -0.3 is 14.4 Å². The van der Waals surface area contributed by atoms with Gasteiger partial charge in [0.05, 0.1) is 5.57 Å². The van der Waals surface area contributed by atoms with Crippen molar-refractivity contribution in [1.82, 2.24) is 9.88 Å². The van der Waals surface area contributed by atoms with Gasteiger partial charge in [0.15, 0.2) is 17.6 Å². The number of rotatable bonds is 5. The molecule has 6 nitrogen and oxygen atoms in total. The number of carbonyl (C=O) groups is 1. The molecule has 1 unspecified atom stereocenters. The highest BCUT2D eigenvalue weighted by atomic mass is 35.5. The second-order valence-corrected chi connectivity index (χ2v) is 7.61. The van der Waals surface area contributed by atoms with Gasteiger partial charge in [0.2, 0.25) is 0 Å². The van der Waals surface area contributed by atoms with Crippen LogP contribution in [0.1, 0.15) is 29.5 Å². The number of aliphatic imine (C=N–C) groups is 1. The fourth-order valence-electron chi connectivity index (χ4n) is 3.48. The molecule has 1 aromatic heterocycles. The van der Waals surface area contributed by atoms with Crippen LogP contribution in [-0.4, -0.2) is 42.1 Å². The Balaban J connectivity index is 1.86. The van der Waals surface area contributed by atoms with Gasteiger partial charge in [0.25, 0.3) is 0 Å². The lowest BCUT2D eigenvalue weighted by Gasteiger charge is -2.31. The molecule has 1 saturated heterocycles. The third kappa shape index (κ3) is 3.43. The highest BCUT2D eigenvalue weighted by Crippen LogP contribution is 2.42. The summed E-state index contributed by atoms with van der Waals surface area (Å²) >= 11 is 7.79. The van der Waals surface area contributed by atoms with Crippen molar-refractivity contribution in [3.05, 3.63) is 62.5 Å². The molecule has 1 atom stereocenters. The van der Waals surface area contributed by atoms with Crippen LogP contribution in [0, 0.1) is 5.82 Å². The summed E-state index contributed by atoms with van der Waals surface area (Å²) < 4.78 is 23.7. The fourth-order valence-corrected chi connectivity index (χ4v) is 4.39. The van der Waals surface area contributed by atoms with E-state index in [2.05, 4.69) is 4.98 Å². The summed E-state index contributed by atoms with van der Waals surface area (Å²) in [5, 5.41) is 2.84. The number of benzene rings is 1. The Bertz CT molecular complexity index is 961. The number of hydrogen-bond acceptors (Lipinski definition) is 7. The molecule has 2 aliphatic heterocycles. The first-order valence-electron chi connectivity index (χ1n) is 8.69. The van der Waals surface area contributed by atoms with Crippen molar-refractivity contribution in [2.75, 3.05) is 20.4 Å². The zero-order chi connectivity index (χ0) is 19.7. The summed E-state index contributed by atoms with van der Waals surface area (Å²) in [6.07, 6.45) is 3.30. The number of carbonyl (C=O) groups excluding carboxylic acids is 1. The molecule has 2 aliphatic rings. The van der Waals surface area contributed by atoms with Crippen LogP contribution in [0.15, 0.2) is 46.0 Å². The van der Waals surface area contributed by atoms with E-state index in [0.717, 1.165) is 23.7 Å². The maximum absolute atomic E-state index is 13.6. The lowest BCUT2D eigenvalue weighted by Crippen LogP contribution is -2.35. The molecule has 1 fully saturated rings. The van der Waals surface area contributed by atoms with Crippen molar-refractivity contribution < 1.29 is 18.7 Å². The van der Waals surface area contributed by atoms with Crippen LogP contribution in [0.2, 0.25) is 5.02 Å². The van der Waals surface area contributed by atoms with Gasteiger partial charge in [-0.05, 0) is 25.0 Å². The van der Waals surface area contributed by atoms with Gasteiger partial charge in [0.1, 0.15) is 11.9 Å². The Morgan fingerprint density at radius 3 is 3.04 bits per heavy atom. The van der Waals surface area contributed by atoms with Gasteiger partial charge in [-0.3, -0.25) is 4.99 Å². The van der Waals surface area contributed by atoms with E-state index in [0.29, 0.717) is 23.4 Å². The molecule has 0 saturated carbocycles. The Labute approximate surface area is 170 Å². The Morgan fingerprint density at radius 1 is 1.46 bits per heavy atom. The van der Waals surface area contributed by atoms with E-state index < -0.39 is 17.8 Å². The second kappa shape index (κ2) is 7.98. The van der Waals surface area contributed by atoms with Crippen LogP contribution in [0.5, 0.6) is 0 Å². The molecular formula is C19H17ClFN3O3S. The quantitative estimate of drug-likeness (QED) is 0.540. The molecule has 0 spiro atoms. The molecule has 2 aromatic rings. The predicted molar refractivity (Wildman–Crippen MR) is 104 cm³/mol. The van der Waals surface area contributed by atoms with Crippen molar-refractivity contribution in [1.29, 1.82) is 0 Å². The van der Waals surface area contributed by atoms with E-state index in [4.69, 9.17) is 26.1 Å². The lowest BCUT2D eigenvalue weighted by atomic mass is 9.94. The van der Waals surface area contributed by atoms with Crippen LogP contribution in [0.4, 0.5) is 4.39 Å². The van der Waals surface area contributed by atoms with Crippen LogP contribution < -0.4 is 0 Å². The molecule has 0 aliphatic carbocycles. The lowest BCUT2D eigenvalue weighted by molar-refractivity contribution is -0.149. The number of thiazole rings is 1. The zero-order valence-corrected chi connectivity index (χ0v) is 16.6. The summed E-state index contributed by atoms with van der Waals surface area (Å²) in [4.78, 5) is 24.1. The maximum Gasteiger partial charge on any atom is 0.340 e. The van der Waals surface area contributed by atoms with E-state index in [-0.39, 0.29) is 11.8 Å². The third-order valence-corrected chi connectivity index (χ3v) is 5.72. The summed E-state index contributed by atoms with van der Waals surface area (Å²) in [6, 6.07) is 3.38.